The van der Waals surface area contributed by atoms with Crippen molar-refractivity contribution >= 4 is 0 Å². The minimum absolute atomic E-state index is 0.493. The third-order valence-electron chi connectivity index (χ3n) is 4.23. The molecule has 0 spiro atoms. The van der Waals surface area contributed by atoms with Gasteiger partial charge in [0.25, 0.3) is 0 Å². The lowest BCUT2D eigenvalue weighted by molar-refractivity contribution is 0.296. The summed E-state index contributed by atoms with van der Waals surface area (Å²) in [5.41, 5.74) is 6.29. The van der Waals surface area contributed by atoms with E-state index in [-0.39, 0.29) is 0 Å². The van der Waals surface area contributed by atoms with Gasteiger partial charge in [-0.3, -0.25) is 0 Å². The maximum Gasteiger partial charge on any atom is 0.00932 e. The van der Waals surface area contributed by atoms with Crippen LogP contribution in [0.5, 0.6) is 0 Å². The highest BCUT2D eigenvalue weighted by Gasteiger charge is 2.47. The maximum atomic E-state index is 6.29. The summed E-state index contributed by atoms with van der Waals surface area (Å²) >= 11 is 0. The van der Waals surface area contributed by atoms with Crippen molar-refractivity contribution in [3.63, 3.8) is 0 Å². The summed E-state index contributed by atoms with van der Waals surface area (Å²) in [6.07, 6.45) is 7.01. The van der Waals surface area contributed by atoms with Crippen LogP contribution in [0.1, 0.15) is 46.0 Å². The van der Waals surface area contributed by atoms with Crippen LogP contribution in [0, 0.1) is 23.7 Å². The Balaban J connectivity index is 1.79. The van der Waals surface area contributed by atoms with Crippen LogP contribution in [0.2, 0.25) is 0 Å². The average Bonchev–Trinajstić information content (AvgIpc) is 2.73. The molecule has 0 radical (unpaired) electrons. The first-order chi connectivity index (χ1) is 6.22. The Morgan fingerprint density at radius 1 is 1.23 bits per heavy atom. The molecule has 4 atom stereocenters. The molecule has 13 heavy (non-hydrogen) atoms. The Bertz CT molecular complexity index is 168. The molecule has 76 valence electrons. The Hall–Kier alpha value is -0.0400. The van der Waals surface area contributed by atoms with Gasteiger partial charge in [-0.1, -0.05) is 20.3 Å². The summed E-state index contributed by atoms with van der Waals surface area (Å²) in [4.78, 5) is 0. The van der Waals surface area contributed by atoms with Gasteiger partial charge in [-0.15, -0.1) is 0 Å². The summed E-state index contributed by atoms with van der Waals surface area (Å²) in [6, 6.07) is 0.493. The Morgan fingerprint density at radius 3 is 2.38 bits per heavy atom. The lowest BCUT2D eigenvalue weighted by atomic mass is 9.85. The van der Waals surface area contributed by atoms with Crippen molar-refractivity contribution < 1.29 is 0 Å². The number of rotatable bonds is 4. The van der Waals surface area contributed by atoms with Crippen molar-refractivity contribution in [3.05, 3.63) is 0 Å². The van der Waals surface area contributed by atoms with Gasteiger partial charge in [0.1, 0.15) is 0 Å². The zero-order chi connectivity index (χ0) is 9.42. The zero-order valence-corrected chi connectivity index (χ0v) is 9.00. The molecule has 0 aliphatic heterocycles. The summed E-state index contributed by atoms with van der Waals surface area (Å²) in [5, 5.41) is 0. The standard InChI is InChI=1S/C12H23N/c1-3-4-8(2)12(13)11-6-9-5-10(9)7-11/h8-12H,3-7,13H2,1-2H3. The van der Waals surface area contributed by atoms with Crippen LogP contribution < -0.4 is 5.73 Å². The third-order valence-corrected chi connectivity index (χ3v) is 4.23. The molecule has 2 saturated carbocycles. The molecule has 0 aromatic carbocycles. The van der Waals surface area contributed by atoms with E-state index < -0.39 is 0 Å². The largest absolute Gasteiger partial charge is 0.327 e. The summed E-state index contributed by atoms with van der Waals surface area (Å²) in [6.45, 7) is 4.59. The van der Waals surface area contributed by atoms with Gasteiger partial charge in [-0.25, -0.2) is 0 Å². The highest BCUT2D eigenvalue weighted by Crippen LogP contribution is 2.55. The summed E-state index contributed by atoms with van der Waals surface area (Å²) < 4.78 is 0. The number of hydrogen-bond donors (Lipinski definition) is 1. The molecule has 2 aliphatic carbocycles. The van der Waals surface area contributed by atoms with E-state index in [9.17, 15) is 0 Å². The highest BCUT2D eigenvalue weighted by molar-refractivity contribution is 4.99. The molecular formula is C12H23N. The first-order valence-corrected chi connectivity index (χ1v) is 5.98. The van der Waals surface area contributed by atoms with Crippen molar-refractivity contribution in [2.45, 2.75) is 52.0 Å². The molecule has 4 unspecified atom stereocenters. The van der Waals surface area contributed by atoms with Crippen molar-refractivity contribution in [2.24, 2.45) is 29.4 Å². The van der Waals surface area contributed by atoms with Crippen LogP contribution in [0.4, 0.5) is 0 Å². The molecule has 2 aliphatic rings. The quantitative estimate of drug-likeness (QED) is 0.709. The average molecular weight is 181 g/mol. The van der Waals surface area contributed by atoms with E-state index in [1.165, 1.54) is 32.1 Å². The van der Waals surface area contributed by atoms with Gasteiger partial charge in [0.15, 0.2) is 0 Å². The van der Waals surface area contributed by atoms with E-state index in [1.54, 1.807) is 0 Å². The number of fused-ring (bicyclic) bond motifs is 1. The molecule has 2 N–H and O–H groups in total. The van der Waals surface area contributed by atoms with E-state index in [0.717, 1.165) is 23.7 Å². The number of nitrogens with two attached hydrogens (primary N) is 1. The SMILES string of the molecule is CCCC(C)C(N)C1CC2CC2C1. The smallest absolute Gasteiger partial charge is 0.00932 e. The van der Waals surface area contributed by atoms with Gasteiger partial charge in [0.2, 0.25) is 0 Å². The predicted octanol–water partition coefficient (Wildman–Crippen LogP) is 2.80. The maximum absolute atomic E-state index is 6.29. The van der Waals surface area contributed by atoms with E-state index in [2.05, 4.69) is 13.8 Å². The van der Waals surface area contributed by atoms with Crippen LogP contribution in [0.25, 0.3) is 0 Å². The molecule has 0 aromatic heterocycles. The fourth-order valence-electron chi connectivity index (χ4n) is 3.19. The van der Waals surface area contributed by atoms with Crippen molar-refractivity contribution in [3.8, 4) is 0 Å². The van der Waals surface area contributed by atoms with Gasteiger partial charge in [-0.05, 0) is 49.4 Å². The molecule has 0 aromatic rings. The van der Waals surface area contributed by atoms with Gasteiger partial charge in [0, 0.05) is 6.04 Å². The molecule has 1 nitrogen and oxygen atoms in total. The van der Waals surface area contributed by atoms with Crippen molar-refractivity contribution in [1.82, 2.24) is 0 Å². The molecule has 1 heteroatoms. The highest BCUT2D eigenvalue weighted by atomic mass is 14.7. The third kappa shape index (κ3) is 1.90. The Kier molecular flexibility index (Phi) is 2.64. The lowest BCUT2D eigenvalue weighted by Crippen LogP contribution is -2.35. The second kappa shape index (κ2) is 3.61. The van der Waals surface area contributed by atoms with Crippen molar-refractivity contribution in [2.75, 3.05) is 0 Å². The molecular weight excluding hydrogens is 158 g/mol. The predicted molar refractivity (Wildman–Crippen MR) is 56.4 cm³/mol. The van der Waals surface area contributed by atoms with Gasteiger partial charge in [0.05, 0.1) is 0 Å². The summed E-state index contributed by atoms with van der Waals surface area (Å²) in [5.74, 6) is 3.78. The minimum atomic E-state index is 0.493. The molecule has 0 saturated heterocycles. The molecule has 0 bridgehead atoms. The fourth-order valence-corrected chi connectivity index (χ4v) is 3.19. The Labute approximate surface area is 82.1 Å². The minimum Gasteiger partial charge on any atom is -0.327 e. The molecule has 0 amide bonds. The zero-order valence-electron chi connectivity index (χ0n) is 9.00. The topological polar surface area (TPSA) is 26.0 Å². The normalized spacial score (nSPS) is 41.3. The second-order valence-electron chi connectivity index (χ2n) is 5.33. The Morgan fingerprint density at radius 2 is 1.85 bits per heavy atom. The molecule has 2 fully saturated rings. The van der Waals surface area contributed by atoms with Crippen LogP contribution >= 0.6 is 0 Å². The lowest BCUT2D eigenvalue weighted by Gasteiger charge is -2.26. The first kappa shape index (κ1) is 9.51. The van der Waals surface area contributed by atoms with E-state index in [0.29, 0.717) is 6.04 Å². The molecule has 2 rings (SSSR count). The van der Waals surface area contributed by atoms with Crippen LogP contribution in [0.15, 0.2) is 0 Å². The van der Waals surface area contributed by atoms with Gasteiger partial charge in [-0.2, -0.15) is 0 Å². The van der Waals surface area contributed by atoms with Gasteiger partial charge >= 0.3 is 0 Å². The van der Waals surface area contributed by atoms with Crippen LogP contribution in [-0.4, -0.2) is 6.04 Å². The van der Waals surface area contributed by atoms with Crippen molar-refractivity contribution in [1.29, 1.82) is 0 Å². The summed E-state index contributed by atoms with van der Waals surface area (Å²) in [7, 11) is 0. The fraction of sp³-hybridized carbons (Fsp3) is 1.00. The monoisotopic (exact) mass is 181 g/mol. The van der Waals surface area contributed by atoms with Crippen LogP contribution in [0.3, 0.4) is 0 Å². The van der Waals surface area contributed by atoms with Crippen LogP contribution in [-0.2, 0) is 0 Å². The van der Waals surface area contributed by atoms with E-state index >= 15 is 0 Å². The van der Waals surface area contributed by atoms with E-state index in [1.807, 2.05) is 0 Å². The number of hydrogen-bond acceptors (Lipinski definition) is 1. The van der Waals surface area contributed by atoms with Gasteiger partial charge < -0.3 is 5.73 Å². The molecule has 0 heterocycles. The second-order valence-corrected chi connectivity index (χ2v) is 5.33. The first-order valence-electron chi connectivity index (χ1n) is 5.98. The van der Waals surface area contributed by atoms with E-state index in [4.69, 9.17) is 5.73 Å².